The van der Waals surface area contributed by atoms with Crippen LogP contribution in [0.5, 0.6) is 0 Å². The quantitative estimate of drug-likeness (QED) is 0.556. The molecule has 0 saturated heterocycles. The van der Waals surface area contributed by atoms with Gasteiger partial charge < -0.3 is 15.1 Å². The van der Waals surface area contributed by atoms with Crippen molar-refractivity contribution in [3.63, 3.8) is 0 Å². The molecule has 1 unspecified atom stereocenters. The van der Waals surface area contributed by atoms with Gasteiger partial charge in [0.15, 0.2) is 11.5 Å². The summed E-state index contributed by atoms with van der Waals surface area (Å²) in [5.41, 5.74) is 1.62. The molecule has 1 aromatic carbocycles. The molecule has 0 radical (unpaired) electrons. The number of carbonyl (C=O) groups is 2. The third kappa shape index (κ3) is 5.54. The molecule has 0 bridgehead atoms. The van der Waals surface area contributed by atoms with E-state index in [9.17, 15) is 9.59 Å². The highest BCUT2D eigenvalue weighted by molar-refractivity contribution is 6.03. The van der Waals surface area contributed by atoms with Gasteiger partial charge in [-0.05, 0) is 38.1 Å². The summed E-state index contributed by atoms with van der Waals surface area (Å²) in [6.45, 7) is 3.78. The highest BCUT2D eigenvalue weighted by Crippen LogP contribution is 2.13. The Morgan fingerprint density at radius 1 is 1.13 bits per heavy atom. The van der Waals surface area contributed by atoms with Gasteiger partial charge in [-0.1, -0.05) is 36.4 Å². The fraction of sp³-hybridized carbons (Fsp3) is 0.182. The highest BCUT2D eigenvalue weighted by Gasteiger charge is 2.16. The predicted molar refractivity (Wildman–Crippen MR) is 114 cm³/mol. The fourth-order valence-electron chi connectivity index (χ4n) is 2.72. The van der Waals surface area contributed by atoms with Crippen LogP contribution < -0.4 is 10.6 Å². The van der Waals surface area contributed by atoms with Gasteiger partial charge >= 0.3 is 0 Å². The second-order valence-corrected chi connectivity index (χ2v) is 6.50. The third-order valence-corrected chi connectivity index (χ3v) is 4.24. The Morgan fingerprint density at radius 3 is 2.53 bits per heavy atom. The first-order valence-electron chi connectivity index (χ1n) is 9.50. The van der Waals surface area contributed by atoms with Crippen molar-refractivity contribution in [2.45, 2.75) is 26.3 Å². The molecule has 0 aliphatic rings. The number of para-hydroxylation sites is 1. The Morgan fingerprint density at radius 2 is 1.87 bits per heavy atom. The number of benzene rings is 1. The number of aromatic nitrogens is 3. The average Bonchev–Trinajstić information content (AvgIpc) is 3.44. The Balaban J connectivity index is 1.52. The van der Waals surface area contributed by atoms with Gasteiger partial charge in [0, 0.05) is 23.8 Å². The molecule has 2 N–H and O–H groups in total. The number of nitrogens with zero attached hydrogens (tertiary/aromatic N) is 3. The first-order chi connectivity index (χ1) is 14.6. The zero-order chi connectivity index (χ0) is 21.3. The standard InChI is InChI=1S/C22H23N5O3/c1-3-18(27-15-23-14-24-27)11-7-8-16(2)25-21(28)19-12-13-20(30-19)22(29)26-17-9-5-4-6-10-17/h3-10,12-16H,11H2,1-2H3,(H,25,28)(H,26,29)/b8-7-,18-3+. The Bertz CT molecular complexity index is 1040. The lowest BCUT2D eigenvalue weighted by atomic mass is 10.2. The second-order valence-electron chi connectivity index (χ2n) is 6.50. The van der Waals surface area contributed by atoms with E-state index in [2.05, 4.69) is 20.7 Å². The average molecular weight is 405 g/mol. The minimum absolute atomic E-state index is 0.0674. The molecule has 154 valence electrons. The molecule has 3 aromatic rings. The topological polar surface area (TPSA) is 102 Å². The Kier molecular flexibility index (Phi) is 6.94. The lowest BCUT2D eigenvalue weighted by Gasteiger charge is -2.08. The third-order valence-electron chi connectivity index (χ3n) is 4.24. The Hall–Kier alpha value is -3.94. The molecule has 0 aliphatic carbocycles. The van der Waals surface area contributed by atoms with Crippen LogP contribution in [0.2, 0.25) is 0 Å². The SMILES string of the molecule is C/C=C(\C/C=C\C(C)NC(=O)c1ccc(C(=O)Nc2ccccc2)o1)n1cncn1. The highest BCUT2D eigenvalue weighted by atomic mass is 16.4. The van der Waals surface area contributed by atoms with Crippen molar-refractivity contribution in [3.05, 3.63) is 84.9 Å². The molecule has 0 fully saturated rings. The van der Waals surface area contributed by atoms with Gasteiger partial charge in [-0.25, -0.2) is 9.67 Å². The van der Waals surface area contributed by atoms with Crippen LogP contribution in [0.3, 0.4) is 0 Å². The number of rotatable bonds is 8. The van der Waals surface area contributed by atoms with Crippen LogP contribution in [0.15, 0.2) is 77.8 Å². The number of hydrogen-bond acceptors (Lipinski definition) is 5. The fourth-order valence-corrected chi connectivity index (χ4v) is 2.72. The van der Waals surface area contributed by atoms with E-state index in [1.165, 1.54) is 18.5 Å². The van der Waals surface area contributed by atoms with E-state index in [1.54, 1.807) is 23.1 Å². The largest absolute Gasteiger partial charge is 0.446 e. The zero-order valence-corrected chi connectivity index (χ0v) is 16.8. The first kappa shape index (κ1) is 20.8. The molecule has 2 heterocycles. The van der Waals surface area contributed by atoms with E-state index in [0.717, 1.165) is 5.70 Å². The van der Waals surface area contributed by atoms with Crippen LogP contribution in [0, 0.1) is 0 Å². The van der Waals surface area contributed by atoms with E-state index in [0.29, 0.717) is 12.1 Å². The summed E-state index contributed by atoms with van der Waals surface area (Å²) in [7, 11) is 0. The molecular weight excluding hydrogens is 382 g/mol. The maximum atomic E-state index is 12.4. The molecule has 0 saturated carbocycles. The molecule has 2 aromatic heterocycles. The molecule has 1 atom stereocenters. The predicted octanol–water partition coefficient (Wildman–Crippen LogP) is 3.75. The van der Waals surface area contributed by atoms with Crippen molar-refractivity contribution in [2.24, 2.45) is 0 Å². The summed E-state index contributed by atoms with van der Waals surface area (Å²) in [6, 6.07) is 11.8. The van der Waals surface area contributed by atoms with Crippen LogP contribution in [-0.4, -0.2) is 32.6 Å². The van der Waals surface area contributed by atoms with Gasteiger partial charge in [-0.15, -0.1) is 0 Å². The maximum absolute atomic E-state index is 12.4. The van der Waals surface area contributed by atoms with Crippen molar-refractivity contribution in [1.29, 1.82) is 0 Å². The van der Waals surface area contributed by atoms with Crippen LogP contribution in [-0.2, 0) is 0 Å². The van der Waals surface area contributed by atoms with E-state index in [1.807, 2.05) is 50.3 Å². The molecule has 30 heavy (non-hydrogen) atoms. The van der Waals surface area contributed by atoms with Crippen LogP contribution in [0.25, 0.3) is 5.70 Å². The van der Waals surface area contributed by atoms with E-state index in [4.69, 9.17) is 4.42 Å². The van der Waals surface area contributed by atoms with E-state index in [-0.39, 0.29) is 17.6 Å². The minimum Gasteiger partial charge on any atom is -0.446 e. The number of furan rings is 1. The Labute approximate surface area is 174 Å². The summed E-state index contributed by atoms with van der Waals surface area (Å²) >= 11 is 0. The van der Waals surface area contributed by atoms with E-state index < -0.39 is 11.8 Å². The number of anilines is 1. The van der Waals surface area contributed by atoms with Gasteiger partial charge in [0.25, 0.3) is 11.8 Å². The number of nitrogens with one attached hydrogen (secondary N) is 2. The number of carbonyl (C=O) groups excluding carboxylic acids is 2. The van der Waals surface area contributed by atoms with Crippen molar-refractivity contribution in [3.8, 4) is 0 Å². The normalized spacial score (nSPS) is 12.7. The van der Waals surface area contributed by atoms with Crippen LogP contribution in [0.1, 0.15) is 41.4 Å². The van der Waals surface area contributed by atoms with Crippen molar-refractivity contribution in [2.75, 3.05) is 5.32 Å². The molecular formula is C22H23N5O3. The van der Waals surface area contributed by atoms with E-state index >= 15 is 0 Å². The summed E-state index contributed by atoms with van der Waals surface area (Å²) < 4.78 is 7.11. The summed E-state index contributed by atoms with van der Waals surface area (Å²) in [4.78, 5) is 28.6. The smallest absolute Gasteiger partial charge is 0.291 e. The lowest BCUT2D eigenvalue weighted by molar-refractivity contribution is 0.0912. The molecule has 2 amide bonds. The van der Waals surface area contributed by atoms with Crippen molar-refractivity contribution < 1.29 is 14.0 Å². The molecule has 8 heteroatoms. The summed E-state index contributed by atoms with van der Waals surface area (Å²) in [6.07, 6.45) is 9.54. The minimum atomic E-state index is -0.416. The monoisotopic (exact) mass is 405 g/mol. The molecule has 0 aliphatic heterocycles. The van der Waals surface area contributed by atoms with Gasteiger partial charge in [0.05, 0.1) is 0 Å². The maximum Gasteiger partial charge on any atom is 0.291 e. The van der Waals surface area contributed by atoms with Crippen LogP contribution >= 0.6 is 0 Å². The number of allylic oxidation sites excluding steroid dienone is 3. The molecule has 8 nitrogen and oxygen atoms in total. The van der Waals surface area contributed by atoms with Crippen LogP contribution in [0.4, 0.5) is 5.69 Å². The number of amides is 2. The van der Waals surface area contributed by atoms with Crippen molar-refractivity contribution >= 4 is 23.2 Å². The first-order valence-corrected chi connectivity index (χ1v) is 9.50. The van der Waals surface area contributed by atoms with Gasteiger partial charge in [-0.2, -0.15) is 5.10 Å². The summed E-state index contributed by atoms with van der Waals surface area (Å²) in [5, 5.41) is 9.64. The summed E-state index contributed by atoms with van der Waals surface area (Å²) in [5.74, 6) is -0.670. The zero-order valence-electron chi connectivity index (χ0n) is 16.8. The molecule has 3 rings (SSSR count). The van der Waals surface area contributed by atoms with Gasteiger partial charge in [-0.3, -0.25) is 9.59 Å². The number of hydrogen-bond donors (Lipinski definition) is 2. The molecule has 0 spiro atoms. The van der Waals surface area contributed by atoms with Crippen molar-refractivity contribution in [1.82, 2.24) is 20.1 Å². The second kappa shape index (κ2) is 10.0. The lowest BCUT2D eigenvalue weighted by Crippen LogP contribution is -2.30. The van der Waals surface area contributed by atoms with Gasteiger partial charge in [0.2, 0.25) is 0 Å². The van der Waals surface area contributed by atoms with Gasteiger partial charge in [0.1, 0.15) is 12.7 Å².